The summed E-state index contributed by atoms with van der Waals surface area (Å²) in [5.74, 6) is -2.60. The summed E-state index contributed by atoms with van der Waals surface area (Å²) in [5.41, 5.74) is 2.13. The number of carbonyl (C=O) groups is 2. The van der Waals surface area contributed by atoms with Crippen LogP contribution in [0.2, 0.25) is 0 Å². The number of fused-ring (bicyclic) bond motifs is 1. The van der Waals surface area contributed by atoms with Crippen molar-refractivity contribution in [1.82, 2.24) is 14.3 Å². The van der Waals surface area contributed by atoms with Crippen molar-refractivity contribution in [3.8, 4) is 0 Å². The van der Waals surface area contributed by atoms with E-state index >= 15 is 0 Å². The van der Waals surface area contributed by atoms with Crippen molar-refractivity contribution < 1.29 is 19.1 Å². The Morgan fingerprint density at radius 3 is 2.45 bits per heavy atom. The lowest BCUT2D eigenvalue weighted by Gasteiger charge is -2.25. The fraction of sp³-hybridized carbons (Fsp3) is 0.115. The van der Waals surface area contributed by atoms with E-state index in [2.05, 4.69) is 4.98 Å². The zero-order valence-corrected chi connectivity index (χ0v) is 17.8. The molecule has 1 atom stereocenters. The van der Waals surface area contributed by atoms with Gasteiger partial charge in [-0.2, -0.15) is 0 Å². The minimum Gasteiger partial charge on any atom is -0.505 e. The Kier molecular flexibility index (Phi) is 5.01. The number of hydrogen-bond donors (Lipinski definition) is 1. The molecule has 5 rings (SSSR count). The number of aliphatic hydroxyl groups excluding tert-OH is 1. The number of nitrogens with zero attached hydrogens (tertiary/aromatic N) is 3. The van der Waals surface area contributed by atoms with Crippen LogP contribution in [0.15, 0.2) is 84.6 Å². The number of aromatic nitrogens is 2. The summed E-state index contributed by atoms with van der Waals surface area (Å²) in [6.45, 7) is 1.80. The molecule has 1 saturated heterocycles. The first kappa shape index (κ1) is 20.6. The first-order valence-electron chi connectivity index (χ1n) is 10.5. The topological polar surface area (TPSA) is 74.9 Å². The highest BCUT2D eigenvalue weighted by Crippen LogP contribution is 2.41. The second-order valence-electron chi connectivity index (χ2n) is 7.91. The molecule has 1 amide bonds. The number of rotatable bonds is 4. The number of ketones is 1. The maximum atomic E-state index is 14.9. The molecule has 1 unspecified atom stereocenters. The van der Waals surface area contributed by atoms with E-state index in [1.807, 2.05) is 36.4 Å². The third-order valence-electron chi connectivity index (χ3n) is 5.86. The molecular weight excluding hydrogens is 421 g/mol. The number of amides is 1. The van der Waals surface area contributed by atoms with Crippen molar-refractivity contribution in [2.24, 2.45) is 0 Å². The van der Waals surface area contributed by atoms with E-state index in [0.717, 1.165) is 5.56 Å². The number of pyridine rings is 1. The molecular formula is C26H20FN3O3. The largest absolute Gasteiger partial charge is 0.505 e. The highest BCUT2D eigenvalue weighted by Gasteiger charge is 2.47. The van der Waals surface area contributed by atoms with Crippen LogP contribution in [0.1, 0.15) is 28.6 Å². The lowest BCUT2D eigenvalue weighted by molar-refractivity contribution is -0.140. The molecule has 2 aromatic carbocycles. The minimum absolute atomic E-state index is 0.0906. The average Bonchev–Trinajstić information content (AvgIpc) is 3.28. The van der Waals surface area contributed by atoms with Crippen molar-refractivity contribution >= 4 is 23.1 Å². The van der Waals surface area contributed by atoms with Crippen LogP contribution in [-0.2, 0) is 16.1 Å². The Bertz CT molecular complexity index is 1430. The number of carbonyl (C=O) groups excluding carboxylic acids is 2. The van der Waals surface area contributed by atoms with Gasteiger partial charge in [0.25, 0.3) is 11.7 Å². The van der Waals surface area contributed by atoms with Gasteiger partial charge in [-0.15, -0.1) is 0 Å². The van der Waals surface area contributed by atoms with Crippen LogP contribution in [0.3, 0.4) is 0 Å². The Balaban J connectivity index is 1.74. The van der Waals surface area contributed by atoms with Crippen LogP contribution in [-0.4, -0.2) is 31.1 Å². The number of hydrogen-bond acceptors (Lipinski definition) is 4. The van der Waals surface area contributed by atoms with E-state index < -0.39 is 23.5 Å². The van der Waals surface area contributed by atoms with E-state index in [1.165, 1.54) is 23.1 Å². The zero-order chi connectivity index (χ0) is 23.1. The van der Waals surface area contributed by atoms with E-state index in [-0.39, 0.29) is 23.4 Å². The predicted octanol–water partition coefficient (Wildman–Crippen LogP) is 4.40. The molecule has 33 heavy (non-hydrogen) atoms. The summed E-state index contributed by atoms with van der Waals surface area (Å²) in [6.07, 6.45) is 1.71. The number of likely N-dealkylation sites (tertiary alicyclic amines) is 1. The molecule has 7 heteroatoms. The molecule has 0 bridgehead atoms. The number of Topliss-reactive ketones (excluding diaryl/α,β-unsaturated/α-hetero) is 1. The Labute approximate surface area is 189 Å². The predicted molar refractivity (Wildman–Crippen MR) is 121 cm³/mol. The van der Waals surface area contributed by atoms with Gasteiger partial charge < -0.3 is 10.0 Å². The summed E-state index contributed by atoms with van der Waals surface area (Å²) < 4.78 is 16.6. The molecule has 1 N–H and O–H groups in total. The second-order valence-corrected chi connectivity index (χ2v) is 7.91. The number of aliphatic hydroxyl groups is 1. The smallest absolute Gasteiger partial charge is 0.295 e. The molecule has 0 spiro atoms. The maximum Gasteiger partial charge on any atom is 0.295 e. The van der Waals surface area contributed by atoms with Gasteiger partial charge >= 0.3 is 0 Å². The third-order valence-corrected chi connectivity index (χ3v) is 5.86. The first-order chi connectivity index (χ1) is 16.0. The molecule has 2 aromatic heterocycles. The molecule has 164 valence electrons. The van der Waals surface area contributed by atoms with Gasteiger partial charge in [-0.3, -0.25) is 14.0 Å². The van der Waals surface area contributed by atoms with Crippen LogP contribution in [0, 0.1) is 12.7 Å². The Morgan fingerprint density at radius 2 is 1.70 bits per heavy atom. The summed E-state index contributed by atoms with van der Waals surface area (Å²) in [6, 6.07) is 19.4. The summed E-state index contributed by atoms with van der Waals surface area (Å²) in [7, 11) is 0. The number of halogens is 1. The van der Waals surface area contributed by atoms with Crippen molar-refractivity contribution in [3.05, 3.63) is 113 Å². The molecule has 3 heterocycles. The van der Waals surface area contributed by atoms with Crippen LogP contribution in [0.5, 0.6) is 0 Å². The monoisotopic (exact) mass is 441 g/mol. The van der Waals surface area contributed by atoms with Crippen LogP contribution >= 0.6 is 0 Å². The Hall–Kier alpha value is -4.26. The standard InChI is InChI=1S/C26H20FN3O3/c1-16-22(29-14-8-7-13-20(29)28-16)24(31)21-23(18-11-5-6-12-19(18)27)30(26(33)25(21)32)15-17-9-3-2-4-10-17/h2-14,23,31H,15H2,1H3. The Morgan fingerprint density at radius 1 is 1.00 bits per heavy atom. The van der Waals surface area contributed by atoms with Crippen molar-refractivity contribution in [3.63, 3.8) is 0 Å². The van der Waals surface area contributed by atoms with E-state index in [0.29, 0.717) is 17.0 Å². The van der Waals surface area contributed by atoms with Crippen LogP contribution in [0.25, 0.3) is 11.4 Å². The molecule has 0 aliphatic carbocycles. The van der Waals surface area contributed by atoms with Gasteiger partial charge in [0, 0.05) is 18.3 Å². The lowest BCUT2D eigenvalue weighted by atomic mass is 9.95. The number of imidazole rings is 1. The summed E-state index contributed by atoms with van der Waals surface area (Å²) in [5, 5.41) is 11.4. The zero-order valence-electron chi connectivity index (χ0n) is 17.8. The van der Waals surface area contributed by atoms with Gasteiger partial charge in [0.15, 0.2) is 5.76 Å². The van der Waals surface area contributed by atoms with Crippen molar-refractivity contribution in [1.29, 1.82) is 0 Å². The summed E-state index contributed by atoms with van der Waals surface area (Å²) >= 11 is 0. The van der Waals surface area contributed by atoms with Crippen molar-refractivity contribution in [2.75, 3.05) is 0 Å². The highest BCUT2D eigenvalue weighted by molar-refractivity contribution is 6.46. The molecule has 0 saturated carbocycles. The van der Waals surface area contributed by atoms with E-state index in [9.17, 15) is 19.1 Å². The van der Waals surface area contributed by atoms with Crippen LogP contribution in [0.4, 0.5) is 4.39 Å². The second kappa shape index (κ2) is 8.02. The average molecular weight is 441 g/mol. The molecule has 1 fully saturated rings. The molecule has 1 aliphatic rings. The van der Waals surface area contributed by atoms with Gasteiger partial charge in [0.1, 0.15) is 17.2 Å². The third kappa shape index (κ3) is 3.38. The van der Waals surface area contributed by atoms with E-state index in [1.54, 1.807) is 35.7 Å². The molecule has 4 aromatic rings. The van der Waals surface area contributed by atoms with Gasteiger partial charge in [0.2, 0.25) is 0 Å². The number of aryl methyl sites for hydroxylation is 1. The number of benzene rings is 2. The van der Waals surface area contributed by atoms with E-state index in [4.69, 9.17) is 0 Å². The summed E-state index contributed by atoms with van der Waals surface area (Å²) in [4.78, 5) is 32.1. The highest BCUT2D eigenvalue weighted by atomic mass is 19.1. The van der Waals surface area contributed by atoms with Crippen LogP contribution < -0.4 is 0 Å². The van der Waals surface area contributed by atoms with Gasteiger partial charge in [0.05, 0.1) is 17.3 Å². The minimum atomic E-state index is -1.08. The normalized spacial score (nSPS) is 17.8. The van der Waals surface area contributed by atoms with Gasteiger partial charge in [-0.1, -0.05) is 54.6 Å². The molecule has 0 radical (unpaired) electrons. The SMILES string of the molecule is Cc1nc2ccccn2c1C(O)=C1C(=O)C(=O)N(Cc2ccccc2)C1c1ccccc1F. The maximum absolute atomic E-state index is 14.9. The fourth-order valence-corrected chi connectivity index (χ4v) is 4.37. The molecule has 1 aliphatic heterocycles. The quantitative estimate of drug-likeness (QED) is 0.289. The molecule has 6 nitrogen and oxygen atoms in total. The fourth-order valence-electron chi connectivity index (χ4n) is 4.37. The lowest BCUT2D eigenvalue weighted by Crippen LogP contribution is -2.29. The van der Waals surface area contributed by atoms with Crippen molar-refractivity contribution in [2.45, 2.75) is 19.5 Å². The first-order valence-corrected chi connectivity index (χ1v) is 10.5. The van der Waals surface area contributed by atoms with Gasteiger partial charge in [-0.25, -0.2) is 9.37 Å². The van der Waals surface area contributed by atoms with Gasteiger partial charge in [-0.05, 0) is 30.7 Å².